The number of fused-ring (bicyclic) bond motifs is 1. The number of halogens is 1. The number of benzene rings is 1. The quantitative estimate of drug-likeness (QED) is 0.835. The highest BCUT2D eigenvalue weighted by Crippen LogP contribution is 2.23. The molecule has 0 saturated carbocycles. The summed E-state index contributed by atoms with van der Waals surface area (Å²) >= 11 is 3.32. The van der Waals surface area contributed by atoms with Crippen molar-refractivity contribution in [3.8, 4) is 0 Å². The number of aromatic nitrogens is 2. The zero-order valence-electron chi connectivity index (χ0n) is 11.9. The van der Waals surface area contributed by atoms with Crippen molar-refractivity contribution in [3.63, 3.8) is 0 Å². The van der Waals surface area contributed by atoms with E-state index in [9.17, 15) is 14.7 Å². The Hall–Kier alpha value is -1.89. The predicted octanol–water partition coefficient (Wildman–Crippen LogP) is 3.41. The van der Waals surface area contributed by atoms with Gasteiger partial charge in [0.25, 0.3) is 0 Å². The van der Waals surface area contributed by atoms with Crippen molar-refractivity contribution in [2.45, 2.75) is 31.7 Å². The van der Waals surface area contributed by atoms with Crippen LogP contribution in [0.25, 0.3) is 11.0 Å². The molecule has 0 atom stereocenters. The Bertz CT molecular complexity index is 716. The Kier molecular flexibility index (Phi) is 4.04. The molecule has 7 heteroatoms. The molecule has 0 spiro atoms. The topological polar surface area (TPSA) is 81.4 Å². The summed E-state index contributed by atoms with van der Waals surface area (Å²) in [6.07, 6.45) is -0.755. The number of carbonyl (C=O) groups excluding carboxylic acids is 1. The molecule has 2 rings (SSSR count). The van der Waals surface area contributed by atoms with E-state index in [1.807, 2.05) is 6.07 Å². The molecular weight excluding hydrogens is 340 g/mol. The van der Waals surface area contributed by atoms with Gasteiger partial charge in [0.05, 0.1) is 11.0 Å². The lowest BCUT2D eigenvalue weighted by Crippen LogP contribution is -2.29. The average molecular weight is 355 g/mol. The van der Waals surface area contributed by atoms with Crippen LogP contribution in [0.15, 0.2) is 18.2 Å². The number of imidazole rings is 1. The first-order valence-electron chi connectivity index (χ1n) is 6.27. The van der Waals surface area contributed by atoms with Crippen LogP contribution in [0.5, 0.6) is 0 Å². The van der Waals surface area contributed by atoms with Crippen LogP contribution in [0.4, 0.5) is 4.79 Å². The van der Waals surface area contributed by atoms with E-state index < -0.39 is 17.7 Å². The third kappa shape index (κ3) is 3.07. The van der Waals surface area contributed by atoms with Crippen molar-refractivity contribution in [2.75, 3.05) is 0 Å². The van der Waals surface area contributed by atoms with Gasteiger partial charge in [-0.05, 0) is 32.4 Å². The maximum absolute atomic E-state index is 12.3. The molecule has 1 aromatic heterocycles. The minimum Gasteiger partial charge on any atom is -0.475 e. The summed E-state index contributed by atoms with van der Waals surface area (Å²) in [5, 5.41) is 9.78. The molecular formula is C14H15BrN2O4. The van der Waals surface area contributed by atoms with Gasteiger partial charge in [0.1, 0.15) is 5.60 Å². The normalized spacial score (nSPS) is 11.6. The van der Waals surface area contributed by atoms with E-state index in [-0.39, 0.29) is 5.82 Å². The summed E-state index contributed by atoms with van der Waals surface area (Å²) in [5.41, 5.74) is 0.963. The molecule has 21 heavy (non-hydrogen) atoms. The maximum atomic E-state index is 12.3. The summed E-state index contributed by atoms with van der Waals surface area (Å²) < 4.78 is 6.26. The summed E-state index contributed by atoms with van der Waals surface area (Å²) in [7, 11) is 0. The fourth-order valence-corrected chi connectivity index (χ4v) is 2.35. The number of carbonyl (C=O) groups is 2. The minimum absolute atomic E-state index is 0.354. The third-order valence-electron chi connectivity index (χ3n) is 2.68. The van der Waals surface area contributed by atoms with Gasteiger partial charge >= 0.3 is 12.1 Å². The van der Waals surface area contributed by atoms with E-state index >= 15 is 0 Å². The van der Waals surface area contributed by atoms with Crippen molar-refractivity contribution >= 4 is 39.0 Å². The smallest absolute Gasteiger partial charge is 0.420 e. The number of nitrogens with zero attached hydrogens (tertiary/aromatic N) is 2. The molecule has 0 fully saturated rings. The maximum Gasteiger partial charge on any atom is 0.420 e. The second kappa shape index (κ2) is 5.48. The molecule has 0 aliphatic carbocycles. The highest BCUT2D eigenvalue weighted by Gasteiger charge is 2.26. The Labute approximate surface area is 129 Å². The number of carboxylic acids is 1. The van der Waals surface area contributed by atoms with Crippen LogP contribution in [0.2, 0.25) is 0 Å². The average Bonchev–Trinajstić information content (AvgIpc) is 2.75. The van der Waals surface area contributed by atoms with Crippen LogP contribution in [-0.4, -0.2) is 32.3 Å². The lowest BCUT2D eigenvalue weighted by molar-refractivity contribution is 0.0509. The standard InChI is InChI=1S/C14H15BrN2O4/c1-14(2,3)21-13(20)17-9-6-4-5-8(7-15)10(9)16-11(17)12(18)19/h4-6H,7H2,1-3H3,(H,18,19). The Balaban J connectivity index is 2.68. The van der Waals surface area contributed by atoms with Gasteiger partial charge in [-0.1, -0.05) is 28.1 Å². The lowest BCUT2D eigenvalue weighted by Gasteiger charge is -2.20. The van der Waals surface area contributed by atoms with Crippen LogP contribution >= 0.6 is 15.9 Å². The van der Waals surface area contributed by atoms with Gasteiger partial charge in [-0.2, -0.15) is 0 Å². The minimum atomic E-state index is -1.28. The number of alkyl halides is 1. The molecule has 0 saturated heterocycles. The molecule has 112 valence electrons. The second-order valence-electron chi connectivity index (χ2n) is 5.47. The summed E-state index contributed by atoms with van der Waals surface area (Å²) in [6, 6.07) is 5.20. The van der Waals surface area contributed by atoms with E-state index in [2.05, 4.69) is 20.9 Å². The number of hydrogen-bond acceptors (Lipinski definition) is 4. The van der Waals surface area contributed by atoms with Crippen LogP contribution in [0.1, 0.15) is 37.0 Å². The van der Waals surface area contributed by atoms with Gasteiger partial charge in [0.15, 0.2) is 0 Å². The number of aromatic carboxylic acids is 1. The molecule has 0 bridgehead atoms. The van der Waals surface area contributed by atoms with Crippen molar-refractivity contribution in [3.05, 3.63) is 29.6 Å². The van der Waals surface area contributed by atoms with Crippen LogP contribution < -0.4 is 0 Å². The van der Waals surface area contributed by atoms with Gasteiger partial charge in [-0.15, -0.1) is 0 Å². The van der Waals surface area contributed by atoms with Crippen molar-refractivity contribution in [1.82, 2.24) is 9.55 Å². The van der Waals surface area contributed by atoms with E-state index in [0.29, 0.717) is 16.4 Å². The van der Waals surface area contributed by atoms with Crippen molar-refractivity contribution in [1.29, 1.82) is 0 Å². The first-order chi connectivity index (χ1) is 9.74. The summed E-state index contributed by atoms with van der Waals surface area (Å²) in [6.45, 7) is 5.15. The monoisotopic (exact) mass is 354 g/mol. The van der Waals surface area contributed by atoms with Crippen LogP contribution in [0, 0.1) is 0 Å². The fraction of sp³-hybridized carbons (Fsp3) is 0.357. The highest BCUT2D eigenvalue weighted by molar-refractivity contribution is 9.08. The largest absolute Gasteiger partial charge is 0.475 e. The first-order valence-corrected chi connectivity index (χ1v) is 7.39. The van der Waals surface area contributed by atoms with E-state index in [1.165, 1.54) is 0 Å². The number of hydrogen-bond donors (Lipinski definition) is 1. The van der Waals surface area contributed by atoms with Crippen LogP contribution in [-0.2, 0) is 10.1 Å². The SMILES string of the molecule is CC(C)(C)OC(=O)n1c(C(=O)O)nc2c(CBr)cccc21. The molecule has 1 heterocycles. The lowest BCUT2D eigenvalue weighted by atomic mass is 10.2. The van der Waals surface area contributed by atoms with Gasteiger partial charge < -0.3 is 9.84 Å². The van der Waals surface area contributed by atoms with Crippen molar-refractivity contribution in [2.24, 2.45) is 0 Å². The Morgan fingerprint density at radius 1 is 1.38 bits per heavy atom. The molecule has 1 aromatic carbocycles. The van der Waals surface area contributed by atoms with Crippen molar-refractivity contribution < 1.29 is 19.4 Å². The van der Waals surface area contributed by atoms with E-state index in [4.69, 9.17) is 4.74 Å². The Morgan fingerprint density at radius 2 is 2.05 bits per heavy atom. The molecule has 0 amide bonds. The molecule has 0 aliphatic rings. The fourth-order valence-electron chi connectivity index (χ4n) is 1.90. The molecule has 0 aliphatic heterocycles. The molecule has 1 N–H and O–H groups in total. The van der Waals surface area contributed by atoms with Gasteiger partial charge in [0.2, 0.25) is 5.82 Å². The zero-order chi connectivity index (χ0) is 15.8. The zero-order valence-corrected chi connectivity index (χ0v) is 13.5. The number of ether oxygens (including phenoxy) is 1. The first kappa shape index (κ1) is 15.5. The number of rotatable bonds is 2. The van der Waals surface area contributed by atoms with Gasteiger partial charge in [-0.25, -0.2) is 19.1 Å². The highest BCUT2D eigenvalue weighted by atomic mass is 79.9. The second-order valence-corrected chi connectivity index (χ2v) is 6.04. The summed E-state index contributed by atoms with van der Waals surface area (Å²) in [5.74, 6) is -1.63. The molecule has 0 radical (unpaired) electrons. The summed E-state index contributed by atoms with van der Waals surface area (Å²) in [4.78, 5) is 27.7. The number of carboxylic acid groups (broad SMARTS) is 1. The Morgan fingerprint density at radius 3 is 2.57 bits per heavy atom. The number of para-hydroxylation sites is 1. The van der Waals surface area contributed by atoms with E-state index in [1.54, 1.807) is 32.9 Å². The molecule has 0 unspecified atom stereocenters. The van der Waals surface area contributed by atoms with E-state index in [0.717, 1.165) is 10.1 Å². The molecule has 6 nitrogen and oxygen atoms in total. The third-order valence-corrected chi connectivity index (χ3v) is 3.28. The van der Waals surface area contributed by atoms with Crippen LogP contribution in [0.3, 0.4) is 0 Å². The van der Waals surface area contributed by atoms with Gasteiger partial charge in [0, 0.05) is 5.33 Å². The molecule has 2 aromatic rings. The van der Waals surface area contributed by atoms with Gasteiger partial charge in [-0.3, -0.25) is 0 Å². The predicted molar refractivity (Wildman–Crippen MR) is 81.0 cm³/mol.